The van der Waals surface area contributed by atoms with Crippen LogP contribution >= 0.6 is 0 Å². The van der Waals surface area contributed by atoms with E-state index in [1.54, 1.807) is 36.4 Å². The fraction of sp³-hybridized carbons (Fsp3) is 0.222. The van der Waals surface area contributed by atoms with Crippen molar-refractivity contribution in [1.29, 1.82) is 0 Å². The molecule has 196 valence electrons. The quantitative estimate of drug-likeness (QED) is 0.109. The minimum atomic E-state index is -0.735. The number of aromatic amines is 1. The highest BCUT2D eigenvalue weighted by molar-refractivity contribution is 6.12. The van der Waals surface area contributed by atoms with Crippen LogP contribution in [-0.2, 0) is 19.1 Å². The zero-order valence-corrected chi connectivity index (χ0v) is 20.4. The first-order chi connectivity index (χ1) is 18.3. The number of H-pyrrole nitrogens is 1. The average Bonchev–Trinajstić information content (AvgIpc) is 3.37. The number of carbonyl (C=O) groups is 2. The minimum absolute atomic E-state index is 0.101. The number of carbonyl (C=O) groups excluding carboxylic acids is 2. The van der Waals surface area contributed by atoms with E-state index >= 15 is 0 Å². The van der Waals surface area contributed by atoms with Crippen molar-refractivity contribution in [2.75, 3.05) is 6.61 Å². The molecule has 4 rings (SSSR count). The maximum atomic E-state index is 12.2. The van der Waals surface area contributed by atoms with Gasteiger partial charge in [0.05, 0.1) is 12.8 Å². The molecule has 2 atom stereocenters. The second kappa shape index (κ2) is 12.0. The molecule has 0 bridgehead atoms. The molecule has 11 nitrogen and oxygen atoms in total. The highest BCUT2D eigenvalue weighted by atomic mass is 16.6. The first-order valence-corrected chi connectivity index (χ1v) is 11.7. The molecule has 2 N–H and O–H groups in total. The van der Waals surface area contributed by atoms with Gasteiger partial charge in [0.15, 0.2) is 6.23 Å². The molecule has 1 aromatic heterocycles. The monoisotopic (exact) mass is 519 g/mol. The Kier molecular flexibility index (Phi) is 8.29. The topological polar surface area (TPSA) is 149 Å². The lowest BCUT2D eigenvalue weighted by molar-refractivity contribution is -0.150. The predicted molar refractivity (Wildman–Crippen MR) is 135 cm³/mol. The van der Waals surface area contributed by atoms with Gasteiger partial charge < -0.3 is 19.4 Å². The summed E-state index contributed by atoms with van der Waals surface area (Å²) in [5.74, 6) is -0.944. The fourth-order valence-corrected chi connectivity index (χ4v) is 3.68. The molecule has 1 aliphatic heterocycles. The summed E-state index contributed by atoms with van der Waals surface area (Å²) in [6.07, 6.45) is 2.86. The van der Waals surface area contributed by atoms with E-state index in [1.807, 2.05) is 31.2 Å². The van der Waals surface area contributed by atoms with Crippen molar-refractivity contribution in [2.45, 2.75) is 32.1 Å². The molecule has 0 radical (unpaired) electrons. The molecule has 1 aliphatic rings. The van der Waals surface area contributed by atoms with E-state index < -0.39 is 35.5 Å². The van der Waals surface area contributed by atoms with E-state index in [-0.39, 0.29) is 25.2 Å². The third-order valence-corrected chi connectivity index (χ3v) is 5.66. The molecular weight excluding hydrogens is 494 g/mol. The number of aryl methyl sites for hydroxylation is 1. The smallest absolute Gasteiger partial charge is 0.330 e. The summed E-state index contributed by atoms with van der Waals surface area (Å²) in [5, 5.41) is 12.8. The molecule has 0 spiro atoms. The van der Waals surface area contributed by atoms with Gasteiger partial charge in [0, 0.05) is 23.4 Å². The lowest BCUT2D eigenvalue weighted by Crippen LogP contribution is -2.32. The maximum Gasteiger partial charge on any atom is 0.330 e. The summed E-state index contributed by atoms with van der Waals surface area (Å²) in [5.41, 5.74) is 1.69. The molecule has 0 aliphatic carbocycles. The zero-order valence-electron chi connectivity index (χ0n) is 20.4. The van der Waals surface area contributed by atoms with E-state index in [4.69, 9.17) is 14.2 Å². The van der Waals surface area contributed by atoms with Crippen molar-refractivity contribution in [3.8, 4) is 5.75 Å². The molecule has 0 fully saturated rings. The van der Waals surface area contributed by atoms with Crippen LogP contribution < -0.4 is 16.0 Å². The minimum Gasteiger partial charge on any atom is -0.463 e. The molecule has 0 saturated heterocycles. The van der Waals surface area contributed by atoms with Crippen molar-refractivity contribution in [2.24, 2.45) is 5.16 Å². The molecular formula is C27H25N3O8. The fourth-order valence-electron chi connectivity index (χ4n) is 3.68. The van der Waals surface area contributed by atoms with Crippen LogP contribution in [0.2, 0.25) is 0 Å². The van der Waals surface area contributed by atoms with Crippen LogP contribution in [0.1, 0.15) is 35.8 Å². The Morgan fingerprint density at radius 2 is 1.63 bits per heavy atom. The van der Waals surface area contributed by atoms with Gasteiger partial charge in [-0.3, -0.25) is 23.9 Å². The first-order valence-electron chi connectivity index (χ1n) is 11.7. The summed E-state index contributed by atoms with van der Waals surface area (Å²) < 4.78 is 17.3. The number of oxime groups is 1. The number of nitrogens with zero attached hydrogens (tertiary/aromatic N) is 2. The van der Waals surface area contributed by atoms with Crippen molar-refractivity contribution >= 4 is 17.7 Å². The standard InChI is InChI=1S/C27H25N3O8/c1-17-2-4-18(5-3-17)26(29-35)19-6-8-20(9-7-19)38-25(33)13-12-24(32)36-16-21-10-11-23(37-21)30-15-14-22(31)28-27(30)34/h2-11,14-15,21,23,35H,12-13,16H2,1H3,(H,28,31,34)/b29-26+. The van der Waals surface area contributed by atoms with Crippen LogP contribution in [-0.4, -0.2) is 45.1 Å². The zero-order chi connectivity index (χ0) is 27.1. The molecule has 38 heavy (non-hydrogen) atoms. The number of aromatic nitrogens is 2. The van der Waals surface area contributed by atoms with Crippen LogP contribution in [0.3, 0.4) is 0 Å². The molecule has 2 heterocycles. The van der Waals surface area contributed by atoms with Gasteiger partial charge in [-0.1, -0.05) is 41.1 Å². The van der Waals surface area contributed by atoms with E-state index in [2.05, 4.69) is 10.1 Å². The van der Waals surface area contributed by atoms with Crippen LogP contribution in [0, 0.1) is 6.92 Å². The summed E-state index contributed by atoms with van der Waals surface area (Å²) in [4.78, 5) is 49.4. The number of rotatable bonds is 9. The Hall–Kier alpha value is -4.77. The van der Waals surface area contributed by atoms with Crippen LogP contribution in [0.15, 0.2) is 87.7 Å². The molecule has 2 aromatic carbocycles. The number of ether oxygens (including phenoxy) is 3. The number of hydrogen-bond acceptors (Lipinski definition) is 9. The second-order valence-corrected chi connectivity index (χ2v) is 8.46. The van der Waals surface area contributed by atoms with Gasteiger partial charge in [-0.05, 0) is 37.3 Å². The average molecular weight is 520 g/mol. The van der Waals surface area contributed by atoms with E-state index in [9.17, 15) is 24.4 Å². The van der Waals surface area contributed by atoms with E-state index in [1.165, 1.54) is 16.8 Å². The van der Waals surface area contributed by atoms with Gasteiger partial charge in [-0.2, -0.15) is 0 Å². The largest absolute Gasteiger partial charge is 0.463 e. The Bertz CT molecular complexity index is 1470. The van der Waals surface area contributed by atoms with Crippen molar-refractivity contribution < 1.29 is 29.0 Å². The Balaban J connectivity index is 1.20. The lowest BCUT2D eigenvalue weighted by Gasteiger charge is -2.15. The molecule has 0 saturated carbocycles. The number of benzene rings is 2. The SMILES string of the molecule is Cc1ccc(/C(=N\O)c2ccc(OC(=O)CCC(=O)OCC3C=CC(n4ccc(=O)[nH]c4=O)O3)cc2)cc1. The third kappa shape index (κ3) is 6.71. The van der Waals surface area contributed by atoms with Gasteiger partial charge in [0.25, 0.3) is 5.56 Å². The van der Waals surface area contributed by atoms with Gasteiger partial charge in [-0.25, -0.2) is 4.79 Å². The lowest BCUT2D eigenvalue weighted by atomic mass is 10.0. The van der Waals surface area contributed by atoms with Gasteiger partial charge in [-0.15, -0.1) is 0 Å². The summed E-state index contributed by atoms with van der Waals surface area (Å²) in [6, 6.07) is 15.2. The van der Waals surface area contributed by atoms with Crippen LogP contribution in [0.25, 0.3) is 0 Å². The Labute approximate surface area is 216 Å². The summed E-state index contributed by atoms with van der Waals surface area (Å²) >= 11 is 0. The Morgan fingerprint density at radius 3 is 2.29 bits per heavy atom. The highest BCUT2D eigenvalue weighted by Crippen LogP contribution is 2.20. The Morgan fingerprint density at radius 1 is 0.974 bits per heavy atom. The molecule has 0 amide bonds. The summed E-state index contributed by atoms with van der Waals surface area (Å²) in [7, 11) is 0. The molecule has 2 unspecified atom stereocenters. The van der Waals surface area contributed by atoms with Gasteiger partial charge >= 0.3 is 17.6 Å². The highest BCUT2D eigenvalue weighted by Gasteiger charge is 2.23. The first kappa shape index (κ1) is 26.3. The van der Waals surface area contributed by atoms with Crippen LogP contribution in [0.4, 0.5) is 0 Å². The van der Waals surface area contributed by atoms with Crippen LogP contribution in [0.5, 0.6) is 5.75 Å². The number of esters is 2. The predicted octanol–water partition coefficient (Wildman–Crippen LogP) is 2.45. The molecule has 11 heteroatoms. The number of hydrogen-bond donors (Lipinski definition) is 2. The van der Waals surface area contributed by atoms with Crippen molar-refractivity contribution in [1.82, 2.24) is 9.55 Å². The normalized spacial score (nSPS) is 16.8. The third-order valence-electron chi connectivity index (χ3n) is 5.66. The van der Waals surface area contributed by atoms with E-state index in [0.29, 0.717) is 11.3 Å². The molecule has 3 aromatic rings. The second-order valence-electron chi connectivity index (χ2n) is 8.46. The van der Waals surface area contributed by atoms with Crippen molar-refractivity contribution in [3.63, 3.8) is 0 Å². The van der Waals surface area contributed by atoms with Gasteiger partial charge in [0.1, 0.15) is 24.2 Å². The van der Waals surface area contributed by atoms with Crippen molar-refractivity contribution in [3.05, 3.63) is 110 Å². The summed E-state index contributed by atoms with van der Waals surface area (Å²) in [6.45, 7) is 1.86. The van der Waals surface area contributed by atoms with E-state index in [0.717, 1.165) is 11.1 Å². The maximum absolute atomic E-state index is 12.2. The van der Waals surface area contributed by atoms with Gasteiger partial charge in [0.2, 0.25) is 0 Å². The number of nitrogens with one attached hydrogen (secondary N) is 1.